The number of aryl methyl sites for hydroxylation is 1. The predicted molar refractivity (Wildman–Crippen MR) is 111 cm³/mol. The Labute approximate surface area is 160 Å². The highest BCUT2D eigenvalue weighted by Crippen LogP contribution is 2.28. The number of imidazole rings is 1. The number of rotatable bonds is 4. The maximum atomic E-state index is 12.7. The summed E-state index contributed by atoms with van der Waals surface area (Å²) >= 11 is 1.57. The molecular formula is C20H19N5OS. The second-order valence-electron chi connectivity index (χ2n) is 6.42. The Kier molecular flexibility index (Phi) is 4.37. The molecule has 0 radical (unpaired) electrons. The molecule has 4 rings (SSSR count). The van der Waals surface area contributed by atoms with E-state index in [1.54, 1.807) is 17.6 Å². The van der Waals surface area contributed by atoms with Crippen LogP contribution in [0.5, 0.6) is 0 Å². The molecule has 27 heavy (non-hydrogen) atoms. The van der Waals surface area contributed by atoms with Crippen LogP contribution in [0.3, 0.4) is 0 Å². The maximum absolute atomic E-state index is 12.7. The summed E-state index contributed by atoms with van der Waals surface area (Å²) in [4.78, 5) is 20.1. The highest BCUT2D eigenvalue weighted by molar-refractivity contribution is 7.23. The van der Waals surface area contributed by atoms with Crippen molar-refractivity contribution in [3.63, 3.8) is 0 Å². The lowest BCUT2D eigenvalue weighted by Crippen LogP contribution is -2.20. The Morgan fingerprint density at radius 3 is 2.67 bits per heavy atom. The van der Waals surface area contributed by atoms with Crippen LogP contribution in [0.4, 0.5) is 5.69 Å². The van der Waals surface area contributed by atoms with E-state index in [1.807, 2.05) is 78.9 Å². The maximum Gasteiger partial charge on any atom is 0.290 e. The minimum Gasteiger partial charge on any atom is -0.378 e. The Morgan fingerprint density at radius 1 is 1.19 bits per heavy atom. The molecule has 0 fully saturated rings. The summed E-state index contributed by atoms with van der Waals surface area (Å²) in [7, 11) is 3.98. The van der Waals surface area contributed by atoms with E-state index < -0.39 is 0 Å². The van der Waals surface area contributed by atoms with Gasteiger partial charge in [0.1, 0.15) is 5.69 Å². The molecule has 0 unspecified atom stereocenters. The molecule has 0 aliphatic rings. The second-order valence-corrected chi connectivity index (χ2v) is 7.43. The molecule has 0 bridgehead atoms. The highest BCUT2D eigenvalue weighted by Gasteiger charge is 2.19. The van der Waals surface area contributed by atoms with E-state index in [0.717, 1.165) is 26.4 Å². The number of aromatic nitrogens is 2. The molecule has 1 N–H and O–H groups in total. The van der Waals surface area contributed by atoms with Gasteiger partial charge in [-0.2, -0.15) is 5.10 Å². The van der Waals surface area contributed by atoms with Crippen LogP contribution in [0.25, 0.3) is 15.2 Å². The first-order chi connectivity index (χ1) is 13.0. The topological polar surface area (TPSA) is 62.0 Å². The Hall–Kier alpha value is -3.19. The smallest absolute Gasteiger partial charge is 0.290 e. The fourth-order valence-electron chi connectivity index (χ4n) is 2.97. The third-order valence-corrected chi connectivity index (χ3v) is 5.35. The quantitative estimate of drug-likeness (QED) is 0.436. The SMILES string of the molecule is Cc1nc2sc3ccccc3n2c1C(=O)N/N=C/c1ccc(N(C)C)cc1. The lowest BCUT2D eigenvalue weighted by Gasteiger charge is -2.11. The molecule has 6 nitrogen and oxygen atoms in total. The lowest BCUT2D eigenvalue weighted by molar-refractivity contribution is 0.0949. The van der Waals surface area contributed by atoms with E-state index in [4.69, 9.17) is 0 Å². The van der Waals surface area contributed by atoms with Gasteiger partial charge in [0.25, 0.3) is 5.91 Å². The first-order valence-corrected chi connectivity index (χ1v) is 9.33. The summed E-state index contributed by atoms with van der Waals surface area (Å²) in [5, 5.41) is 4.11. The summed E-state index contributed by atoms with van der Waals surface area (Å²) < 4.78 is 2.99. The van der Waals surface area contributed by atoms with Gasteiger partial charge in [-0.05, 0) is 36.8 Å². The van der Waals surface area contributed by atoms with Crippen LogP contribution in [0, 0.1) is 6.92 Å². The van der Waals surface area contributed by atoms with Gasteiger partial charge in [-0.25, -0.2) is 10.4 Å². The Balaban J connectivity index is 1.58. The van der Waals surface area contributed by atoms with Gasteiger partial charge < -0.3 is 4.90 Å². The molecule has 136 valence electrons. The van der Waals surface area contributed by atoms with E-state index in [0.29, 0.717) is 11.4 Å². The zero-order chi connectivity index (χ0) is 19.0. The third-order valence-electron chi connectivity index (χ3n) is 4.33. The third kappa shape index (κ3) is 3.17. The molecule has 0 saturated heterocycles. The molecule has 2 heterocycles. The van der Waals surface area contributed by atoms with Crippen molar-refractivity contribution in [2.45, 2.75) is 6.92 Å². The Bertz CT molecular complexity index is 1150. The van der Waals surface area contributed by atoms with Crippen molar-refractivity contribution in [3.8, 4) is 0 Å². The van der Waals surface area contributed by atoms with Crippen molar-refractivity contribution in [1.82, 2.24) is 14.8 Å². The molecule has 0 aliphatic heterocycles. The van der Waals surface area contributed by atoms with E-state index in [-0.39, 0.29) is 5.91 Å². The molecular weight excluding hydrogens is 358 g/mol. The Morgan fingerprint density at radius 2 is 1.93 bits per heavy atom. The number of hydrogen-bond acceptors (Lipinski definition) is 5. The van der Waals surface area contributed by atoms with Crippen molar-refractivity contribution >= 4 is 44.3 Å². The van der Waals surface area contributed by atoms with Crippen molar-refractivity contribution in [1.29, 1.82) is 0 Å². The van der Waals surface area contributed by atoms with Crippen LogP contribution in [0.1, 0.15) is 21.7 Å². The molecule has 0 aliphatic carbocycles. The minimum absolute atomic E-state index is 0.273. The summed E-state index contributed by atoms with van der Waals surface area (Å²) in [6, 6.07) is 15.9. The number of para-hydroxylation sites is 1. The van der Waals surface area contributed by atoms with Gasteiger partial charge in [0.15, 0.2) is 4.96 Å². The molecule has 0 atom stereocenters. The fraction of sp³-hybridized carbons (Fsp3) is 0.150. The van der Waals surface area contributed by atoms with E-state index in [1.165, 1.54) is 0 Å². The van der Waals surface area contributed by atoms with E-state index in [9.17, 15) is 4.79 Å². The number of nitrogens with zero attached hydrogens (tertiary/aromatic N) is 4. The molecule has 0 spiro atoms. The number of carbonyl (C=O) groups excluding carboxylic acids is 1. The summed E-state index contributed by atoms with van der Waals surface area (Å²) in [6.07, 6.45) is 1.64. The standard InChI is InChI=1S/C20H19N5OS/c1-13-18(25-16-6-4-5-7-17(16)27-20(25)22-13)19(26)23-21-12-14-8-10-15(11-9-14)24(2)3/h4-12H,1-3H3,(H,23,26)/b21-12+. The number of anilines is 1. The zero-order valence-electron chi connectivity index (χ0n) is 15.3. The highest BCUT2D eigenvalue weighted by atomic mass is 32.1. The number of fused-ring (bicyclic) bond motifs is 3. The van der Waals surface area contributed by atoms with Crippen molar-refractivity contribution in [2.75, 3.05) is 19.0 Å². The average Bonchev–Trinajstić information content (AvgIpc) is 3.16. The van der Waals surface area contributed by atoms with Crippen LogP contribution in [-0.4, -0.2) is 35.6 Å². The zero-order valence-corrected chi connectivity index (χ0v) is 16.1. The van der Waals surface area contributed by atoms with Gasteiger partial charge in [-0.3, -0.25) is 9.20 Å². The minimum atomic E-state index is -0.273. The van der Waals surface area contributed by atoms with Gasteiger partial charge in [0, 0.05) is 19.8 Å². The normalized spacial score (nSPS) is 11.5. The molecule has 2 aromatic heterocycles. The number of thiazole rings is 1. The molecule has 7 heteroatoms. The van der Waals surface area contributed by atoms with Gasteiger partial charge >= 0.3 is 0 Å². The van der Waals surface area contributed by atoms with Crippen LogP contribution >= 0.6 is 11.3 Å². The molecule has 1 amide bonds. The van der Waals surface area contributed by atoms with Crippen molar-refractivity contribution < 1.29 is 4.79 Å². The van der Waals surface area contributed by atoms with Gasteiger partial charge in [-0.15, -0.1) is 0 Å². The van der Waals surface area contributed by atoms with Crippen LogP contribution in [-0.2, 0) is 0 Å². The van der Waals surface area contributed by atoms with Crippen LogP contribution in [0.15, 0.2) is 53.6 Å². The van der Waals surface area contributed by atoms with E-state index in [2.05, 4.69) is 15.5 Å². The van der Waals surface area contributed by atoms with Gasteiger partial charge in [-0.1, -0.05) is 35.6 Å². The summed E-state index contributed by atoms with van der Waals surface area (Å²) in [5.74, 6) is -0.273. The number of amides is 1. The number of nitrogens with one attached hydrogen (secondary N) is 1. The number of carbonyl (C=O) groups is 1. The van der Waals surface area contributed by atoms with Crippen LogP contribution < -0.4 is 10.3 Å². The number of hydrogen-bond donors (Lipinski definition) is 1. The molecule has 0 saturated carbocycles. The predicted octanol–water partition coefficient (Wildman–Crippen LogP) is 3.69. The summed E-state index contributed by atoms with van der Waals surface area (Å²) in [5.41, 5.74) is 6.83. The van der Waals surface area contributed by atoms with Gasteiger partial charge in [0.05, 0.1) is 22.1 Å². The monoisotopic (exact) mass is 377 g/mol. The summed E-state index contributed by atoms with van der Waals surface area (Å²) in [6.45, 7) is 1.84. The molecule has 4 aromatic rings. The van der Waals surface area contributed by atoms with Crippen molar-refractivity contribution in [2.24, 2.45) is 5.10 Å². The van der Waals surface area contributed by atoms with Gasteiger partial charge in [0.2, 0.25) is 0 Å². The number of hydrazone groups is 1. The van der Waals surface area contributed by atoms with E-state index >= 15 is 0 Å². The number of benzene rings is 2. The largest absolute Gasteiger partial charge is 0.378 e. The molecule has 2 aromatic carbocycles. The van der Waals surface area contributed by atoms with Crippen molar-refractivity contribution in [3.05, 3.63) is 65.5 Å². The first kappa shape index (κ1) is 17.2. The first-order valence-electron chi connectivity index (χ1n) is 8.52. The second kappa shape index (κ2) is 6.85. The lowest BCUT2D eigenvalue weighted by atomic mass is 10.2. The van der Waals surface area contributed by atoms with Crippen LogP contribution in [0.2, 0.25) is 0 Å². The fourth-order valence-corrected chi connectivity index (χ4v) is 4.04. The average molecular weight is 377 g/mol.